The highest BCUT2D eigenvalue weighted by Gasteiger charge is 2.50. The van der Waals surface area contributed by atoms with Gasteiger partial charge < -0.3 is 14.1 Å². The second-order valence-corrected chi connectivity index (χ2v) is 5.99. The lowest BCUT2D eigenvalue weighted by Gasteiger charge is -2.29. The Labute approximate surface area is 138 Å². The van der Waals surface area contributed by atoms with Crippen LogP contribution in [-0.2, 0) is 12.6 Å². The van der Waals surface area contributed by atoms with E-state index in [1.54, 1.807) is 28.9 Å². The number of pyridine rings is 1. The van der Waals surface area contributed by atoms with Crippen molar-refractivity contribution in [3.05, 3.63) is 53.7 Å². The first-order valence-corrected chi connectivity index (χ1v) is 7.49. The Bertz CT molecular complexity index is 956. The molecule has 1 atom stereocenters. The molecule has 1 aliphatic carbocycles. The summed E-state index contributed by atoms with van der Waals surface area (Å²) in [5, 5.41) is 9.88. The van der Waals surface area contributed by atoms with E-state index in [9.17, 15) is 27.1 Å². The Morgan fingerprint density at radius 2 is 2.00 bits per heavy atom. The van der Waals surface area contributed by atoms with Gasteiger partial charge in [0.15, 0.2) is 5.65 Å². The van der Waals surface area contributed by atoms with Crippen LogP contribution < -0.4 is 0 Å². The van der Waals surface area contributed by atoms with Gasteiger partial charge in [-0.15, -0.1) is 0 Å². The monoisotopic (exact) mass is 357 g/mol. The highest BCUT2D eigenvalue weighted by atomic mass is 19.4. The van der Waals surface area contributed by atoms with Gasteiger partial charge in [-0.3, -0.25) is 0 Å². The fourth-order valence-corrected chi connectivity index (χ4v) is 3.32. The number of aliphatic hydroxyl groups is 1. The Kier molecular flexibility index (Phi) is 3.24. The third kappa shape index (κ3) is 2.33. The number of aromatic nitrogens is 3. The summed E-state index contributed by atoms with van der Waals surface area (Å²) >= 11 is 0. The average molecular weight is 357 g/mol. The van der Waals surface area contributed by atoms with E-state index in [0.29, 0.717) is 11.3 Å². The first kappa shape index (κ1) is 16.1. The van der Waals surface area contributed by atoms with Gasteiger partial charge in [0.1, 0.15) is 6.10 Å². The summed E-state index contributed by atoms with van der Waals surface area (Å²) in [5.41, 5.74) is -1.25. The molecule has 3 heterocycles. The van der Waals surface area contributed by atoms with Gasteiger partial charge >= 0.3 is 6.18 Å². The molecule has 25 heavy (non-hydrogen) atoms. The number of hydrogen-bond donors (Lipinski definition) is 1. The molecule has 9 heteroatoms. The van der Waals surface area contributed by atoms with E-state index in [0.717, 1.165) is 6.20 Å². The molecule has 0 saturated carbocycles. The lowest BCUT2D eigenvalue weighted by atomic mass is 9.89. The van der Waals surface area contributed by atoms with Crippen LogP contribution >= 0.6 is 0 Å². The molecule has 0 spiro atoms. The van der Waals surface area contributed by atoms with Gasteiger partial charge in [0.25, 0.3) is 5.92 Å². The summed E-state index contributed by atoms with van der Waals surface area (Å²) in [4.78, 5) is 4.11. The van der Waals surface area contributed by atoms with Gasteiger partial charge in [-0.2, -0.15) is 13.2 Å². The normalized spacial score (nSPS) is 20.0. The zero-order valence-electron chi connectivity index (χ0n) is 12.6. The molecule has 0 aromatic carbocycles. The summed E-state index contributed by atoms with van der Waals surface area (Å²) in [6.45, 7) is 0. The maximum Gasteiger partial charge on any atom is 0.418 e. The van der Waals surface area contributed by atoms with E-state index in [4.69, 9.17) is 0 Å². The second kappa shape index (κ2) is 5.04. The molecule has 4 rings (SSSR count). The Morgan fingerprint density at radius 3 is 2.72 bits per heavy atom. The van der Waals surface area contributed by atoms with Gasteiger partial charge in [0.05, 0.1) is 11.3 Å². The van der Waals surface area contributed by atoms with Gasteiger partial charge in [0.2, 0.25) is 0 Å². The van der Waals surface area contributed by atoms with Gasteiger partial charge in [-0.05, 0) is 18.6 Å². The molecule has 1 N–H and O–H groups in total. The third-order valence-corrected chi connectivity index (χ3v) is 4.48. The Balaban J connectivity index is 2.02. The number of nitrogens with zero attached hydrogens (tertiary/aromatic N) is 3. The number of alkyl halides is 5. The molecule has 3 aromatic rings. The highest BCUT2D eigenvalue weighted by molar-refractivity contribution is 5.61. The average Bonchev–Trinajstić information content (AvgIpc) is 3.14. The first-order chi connectivity index (χ1) is 11.7. The van der Waals surface area contributed by atoms with Crippen LogP contribution in [0.5, 0.6) is 0 Å². The van der Waals surface area contributed by atoms with Crippen molar-refractivity contribution in [2.24, 2.45) is 0 Å². The first-order valence-electron chi connectivity index (χ1n) is 7.49. The van der Waals surface area contributed by atoms with Crippen molar-refractivity contribution in [1.82, 2.24) is 14.0 Å². The summed E-state index contributed by atoms with van der Waals surface area (Å²) in [5.74, 6) is -3.60. The van der Waals surface area contributed by atoms with Crippen molar-refractivity contribution in [2.45, 2.75) is 31.0 Å². The van der Waals surface area contributed by atoms with Crippen LogP contribution in [0.25, 0.3) is 11.3 Å². The van der Waals surface area contributed by atoms with E-state index < -0.39 is 35.8 Å². The molecule has 0 bridgehead atoms. The van der Waals surface area contributed by atoms with E-state index in [1.807, 2.05) is 0 Å². The van der Waals surface area contributed by atoms with Crippen molar-refractivity contribution >= 4 is 5.65 Å². The van der Waals surface area contributed by atoms with Crippen molar-refractivity contribution in [3.8, 4) is 5.69 Å². The fraction of sp³-hybridized carbons (Fsp3) is 0.312. The van der Waals surface area contributed by atoms with Crippen LogP contribution in [0.3, 0.4) is 0 Å². The quantitative estimate of drug-likeness (QED) is 0.674. The third-order valence-electron chi connectivity index (χ3n) is 4.48. The summed E-state index contributed by atoms with van der Waals surface area (Å²) in [7, 11) is 0. The Morgan fingerprint density at radius 1 is 1.24 bits per heavy atom. The Hall–Kier alpha value is -2.42. The number of hydrogen-bond acceptors (Lipinski definition) is 2. The SMILES string of the molecule is O[C@H]1c2c(C(F)(F)F)cn(-c3cccn4ccnc34)c2CCC1(F)F. The van der Waals surface area contributed by atoms with Gasteiger partial charge in [-0.25, -0.2) is 13.8 Å². The fourth-order valence-electron chi connectivity index (χ4n) is 3.32. The minimum Gasteiger partial charge on any atom is -0.382 e. The summed E-state index contributed by atoms with van der Waals surface area (Å²) < 4.78 is 70.6. The number of fused-ring (bicyclic) bond motifs is 2. The van der Waals surface area contributed by atoms with Crippen LogP contribution in [0.4, 0.5) is 22.0 Å². The van der Waals surface area contributed by atoms with Crippen molar-refractivity contribution < 1.29 is 27.1 Å². The smallest absolute Gasteiger partial charge is 0.382 e. The molecule has 132 valence electrons. The van der Waals surface area contributed by atoms with E-state index in [-0.39, 0.29) is 12.1 Å². The van der Waals surface area contributed by atoms with Crippen LogP contribution in [0.1, 0.15) is 29.3 Å². The predicted molar refractivity (Wildman–Crippen MR) is 77.7 cm³/mol. The zero-order chi connectivity index (χ0) is 18.0. The number of aliphatic hydroxyl groups excluding tert-OH is 1. The van der Waals surface area contributed by atoms with Crippen LogP contribution in [0.15, 0.2) is 36.9 Å². The molecular weight excluding hydrogens is 345 g/mol. The summed E-state index contributed by atoms with van der Waals surface area (Å²) in [6.07, 6.45) is -2.80. The van der Waals surface area contributed by atoms with E-state index in [2.05, 4.69) is 4.98 Å². The number of rotatable bonds is 1. The lowest BCUT2D eigenvalue weighted by molar-refractivity contribution is -0.147. The van der Waals surface area contributed by atoms with Gasteiger partial charge in [-0.1, -0.05) is 0 Å². The molecule has 4 nitrogen and oxygen atoms in total. The minimum atomic E-state index is -4.86. The zero-order valence-corrected chi connectivity index (χ0v) is 12.6. The molecule has 0 unspecified atom stereocenters. The van der Waals surface area contributed by atoms with Crippen molar-refractivity contribution in [1.29, 1.82) is 0 Å². The van der Waals surface area contributed by atoms with Crippen LogP contribution in [0.2, 0.25) is 0 Å². The lowest BCUT2D eigenvalue weighted by Crippen LogP contribution is -2.33. The highest BCUT2D eigenvalue weighted by Crippen LogP contribution is 2.48. The second-order valence-electron chi connectivity index (χ2n) is 5.99. The summed E-state index contributed by atoms with van der Waals surface area (Å²) in [6, 6.07) is 3.18. The molecule has 0 amide bonds. The molecular formula is C16H12F5N3O. The molecule has 3 aromatic heterocycles. The van der Waals surface area contributed by atoms with E-state index >= 15 is 0 Å². The van der Waals surface area contributed by atoms with Crippen molar-refractivity contribution in [2.75, 3.05) is 0 Å². The molecule has 0 radical (unpaired) electrons. The van der Waals surface area contributed by atoms with E-state index in [1.165, 1.54) is 10.8 Å². The standard InChI is InChI=1S/C16H12F5N3O/c17-15(18)4-3-10-12(13(15)25)9(16(19,20)21)8-24(10)11-2-1-6-23-7-5-22-14(11)23/h1-2,5-8,13,25H,3-4H2/t13-/m0/s1. The molecule has 1 aliphatic rings. The topological polar surface area (TPSA) is 42.5 Å². The minimum absolute atomic E-state index is 0.0295. The molecule has 0 saturated heterocycles. The maximum absolute atomic E-state index is 13.8. The molecule has 0 fully saturated rings. The van der Waals surface area contributed by atoms with Crippen molar-refractivity contribution in [3.63, 3.8) is 0 Å². The number of halogens is 5. The number of imidazole rings is 1. The predicted octanol–water partition coefficient (Wildman–Crippen LogP) is 3.76. The largest absolute Gasteiger partial charge is 0.418 e. The van der Waals surface area contributed by atoms with Crippen LogP contribution in [0, 0.1) is 0 Å². The van der Waals surface area contributed by atoms with Crippen LogP contribution in [-0.4, -0.2) is 25.0 Å². The maximum atomic E-state index is 13.8. The van der Waals surface area contributed by atoms with Gasteiger partial charge in [0, 0.05) is 42.5 Å². The molecule has 0 aliphatic heterocycles.